The molecule has 1 N–H and O–H groups in total. The Morgan fingerprint density at radius 2 is 1.61 bits per heavy atom. The zero-order valence-electron chi connectivity index (χ0n) is 16.5. The minimum Gasteiger partial charge on any atom is -0.462 e. The quantitative estimate of drug-likeness (QED) is 0.654. The van der Waals surface area contributed by atoms with Crippen LogP contribution < -0.4 is 5.32 Å². The molecule has 0 aliphatic carbocycles. The van der Waals surface area contributed by atoms with Crippen LogP contribution in [-0.2, 0) is 14.3 Å². The normalized spacial score (nSPS) is 11.6. The van der Waals surface area contributed by atoms with Crippen molar-refractivity contribution >= 4 is 34.2 Å². The first kappa shape index (κ1) is 21.6. The van der Waals surface area contributed by atoms with Gasteiger partial charge in [0.25, 0.3) is 0 Å². The number of hydrogen-bond acceptors (Lipinski definition) is 6. The molecule has 1 atom stereocenters. The maximum absolute atomic E-state index is 12.9. The summed E-state index contributed by atoms with van der Waals surface area (Å²) in [5.74, 6) is -1.71. The molecule has 0 unspecified atom stereocenters. The van der Waals surface area contributed by atoms with E-state index in [9.17, 15) is 14.4 Å². The largest absolute Gasteiger partial charge is 0.462 e. The molecular formula is C21H25NO5S. The first-order valence-electron chi connectivity index (χ1n) is 9.27. The molecule has 0 fully saturated rings. The molecule has 0 bridgehead atoms. The van der Waals surface area contributed by atoms with Crippen LogP contribution in [0, 0.1) is 6.92 Å². The summed E-state index contributed by atoms with van der Waals surface area (Å²) in [7, 11) is 0. The lowest BCUT2D eigenvalue weighted by molar-refractivity contribution is -0.117. The summed E-state index contributed by atoms with van der Waals surface area (Å²) in [4.78, 5) is 37.9. The van der Waals surface area contributed by atoms with Gasteiger partial charge in [0.05, 0.1) is 24.7 Å². The van der Waals surface area contributed by atoms with Crippen LogP contribution >= 0.6 is 11.3 Å². The van der Waals surface area contributed by atoms with Crippen LogP contribution in [0.15, 0.2) is 30.3 Å². The van der Waals surface area contributed by atoms with E-state index in [0.29, 0.717) is 17.0 Å². The van der Waals surface area contributed by atoms with E-state index in [1.54, 1.807) is 20.8 Å². The molecule has 1 amide bonds. The Kier molecular flexibility index (Phi) is 7.75. The lowest BCUT2D eigenvalue weighted by Gasteiger charge is -2.15. The average molecular weight is 404 g/mol. The standard InChI is InChI=1S/C21H25NO5S/c1-5-15(14-11-9-8-10-12-14)18(23)22-19-16(20(24)26-6-2)13(4)17(28-19)21(25)27-7-3/h8-12,15H,5-7H2,1-4H3,(H,22,23)/t15-/m0/s1. The van der Waals surface area contributed by atoms with Crippen LogP contribution in [0.4, 0.5) is 5.00 Å². The van der Waals surface area contributed by atoms with Crippen LogP contribution in [0.25, 0.3) is 0 Å². The molecule has 0 saturated carbocycles. The minimum atomic E-state index is -0.574. The molecule has 0 aliphatic rings. The predicted octanol–water partition coefficient (Wildman–Crippen LogP) is 4.54. The van der Waals surface area contributed by atoms with Crippen molar-refractivity contribution in [1.29, 1.82) is 0 Å². The second-order valence-electron chi connectivity index (χ2n) is 6.06. The van der Waals surface area contributed by atoms with Gasteiger partial charge in [-0.3, -0.25) is 4.79 Å². The van der Waals surface area contributed by atoms with Crippen molar-refractivity contribution in [3.05, 3.63) is 51.9 Å². The molecule has 2 aromatic rings. The second-order valence-corrected chi connectivity index (χ2v) is 7.08. The van der Waals surface area contributed by atoms with Crippen LogP contribution in [0.3, 0.4) is 0 Å². The van der Waals surface area contributed by atoms with Gasteiger partial charge in [0.15, 0.2) is 0 Å². The molecule has 1 aromatic carbocycles. The van der Waals surface area contributed by atoms with Crippen LogP contribution in [-0.4, -0.2) is 31.1 Å². The Hall–Kier alpha value is -2.67. The van der Waals surface area contributed by atoms with Gasteiger partial charge in [-0.15, -0.1) is 11.3 Å². The minimum absolute atomic E-state index is 0.192. The molecule has 150 valence electrons. The highest BCUT2D eigenvalue weighted by Gasteiger charge is 2.29. The summed E-state index contributed by atoms with van der Waals surface area (Å²) < 4.78 is 10.2. The Morgan fingerprint density at radius 1 is 1.00 bits per heavy atom. The summed E-state index contributed by atoms with van der Waals surface area (Å²) in [6.07, 6.45) is 0.597. The maximum Gasteiger partial charge on any atom is 0.348 e. The average Bonchev–Trinajstić information content (AvgIpc) is 2.99. The topological polar surface area (TPSA) is 81.7 Å². The van der Waals surface area contributed by atoms with Crippen molar-refractivity contribution in [3.8, 4) is 0 Å². The lowest BCUT2D eigenvalue weighted by Crippen LogP contribution is -2.21. The van der Waals surface area contributed by atoms with E-state index in [1.807, 2.05) is 37.3 Å². The van der Waals surface area contributed by atoms with Gasteiger partial charge in [0.1, 0.15) is 9.88 Å². The molecule has 0 radical (unpaired) electrons. The second kappa shape index (κ2) is 10.0. The number of carbonyl (C=O) groups is 3. The zero-order chi connectivity index (χ0) is 20.7. The Morgan fingerprint density at radius 3 is 2.18 bits per heavy atom. The number of ether oxygens (including phenoxy) is 2. The fraction of sp³-hybridized carbons (Fsp3) is 0.381. The fourth-order valence-electron chi connectivity index (χ4n) is 2.90. The summed E-state index contributed by atoms with van der Waals surface area (Å²) in [6.45, 7) is 7.40. The third kappa shape index (κ3) is 4.78. The van der Waals surface area contributed by atoms with E-state index in [1.165, 1.54) is 0 Å². The van der Waals surface area contributed by atoms with Crippen LogP contribution in [0.1, 0.15) is 64.3 Å². The molecule has 2 rings (SSSR count). The smallest absolute Gasteiger partial charge is 0.348 e. The Labute approximate surface area is 168 Å². The van der Waals surface area contributed by atoms with E-state index in [0.717, 1.165) is 16.9 Å². The van der Waals surface area contributed by atoms with Gasteiger partial charge in [-0.05, 0) is 38.3 Å². The first-order valence-corrected chi connectivity index (χ1v) is 10.1. The summed E-state index contributed by atoms with van der Waals surface area (Å²) in [5, 5.41) is 3.13. The highest BCUT2D eigenvalue weighted by molar-refractivity contribution is 7.18. The molecule has 28 heavy (non-hydrogen) atoms. The third-order valence-corrected chi connectivity index (χ3v) is 5.44. The number of esters is 2. The maximum atomic E-state index is 12.9. The number of carbonyl (C=O) groups excluding carboxylic acids is 3. The van der Waals surface area contributed by atoms with Gasteiger partial charge in [-0.1, -0.05) is 37.3 Å². The number of anilines is 1. The van der Waals surface area contributed by atoms with E-state index in [4.69, 9.17) is 9.47 Å². The molecule has 0 spiro atoms. The van der Waals surface area contributed by atoms with Crippen molar-refractivity contribution in [2.75, 3.05) is 18.5 Å². The van der Waals surface area contributed by atoms with Gasteiger partial charge in [0.2, 0.25) is 5.91 Å². The molecule has 6 nitrogen and oxygen atoms in total. The van der Waals surface area contributed by atoms with E-state index < -0.39 is 11.9 Å². The van der Waals surface area contributed by atoms with Crippen molar-refractivity contribution in [3.63, 3.8) is 0 Å². The van der Waals surface area contributed by atoms with Crippen LogP contribution in [0.2, 0.25) is 0 Å². The highest BCUT2D eigenvalue weighted by atomic mass is 32.1. The summed E-state index contributed by atoms with van der Waals surface area (Å²) >= 11 is 1.03. The van der Waals surface area contributed by atoms with Crippen molar-refractivity contribution in [2.24, 2.45) is 0 Å². The Bertz CT molecular complexity index is 844. The van der Waals surface area contributed by atoms with Crippen molar-refractivity contribution < 1.29 is 23.9 Å². The molecule has 7 heteroatoms. The van der Waals surface area contributed by atoms with Gasteiger partial charge < -0.3 is 14.8 Å². The summed E-state index contributed by atoms with van der Waals surface area (Å²) in [6, 6.07) is 9.43. The SMILES string of the molecule is CCOC(=O)c1sc(NC(=O)[C@@H](CC)c2ccccc2)c(C(=O)OCC)c1C. The zero-order valence-corrected chi connectivity index (χ0v) is 17.4. The third-order valence-electron chi connectivity index (χ3n) is 4.25. The number of amides is 1. The van der Waals surface area contributed by atoms with Crippen LogP contribution in [0.5, 0.6) is 0 Å². The monoisotopic (exact) mass is 403 g/mol. The van der Waals surface area contributed by atoms with E-state index in [2.05, 4.69) is 5.32 Å². The summed E-state index contributed by atoms with van der Waals surface area (Å²) in [5.41, 5.74) is 1.54. The molecule has 0 aliphatic heterocycles. The molecule has 0 saturated heterocycles. The molecular weight excluding hydrogens is 378 g/mol. The first-order chi connectivity index (χ1) is 13.4. The number of benzene rings is 1. The fourth-order valence-corrected chi connectivity index (χ4v) is 3.99. The number of hydrogen-bond donors (Lipinski definition) is 1. The number of thiophene rings is 1. The van der Waals surface area contributed by atoms with Gasteiger partial charge in [-0.2, -0.15) is 0 Å². The van der Waals surface area contributed by atoms with Gasteiger partial charge in [-0.25, -0.2) is 9.59 Å². The molecule has 1 aromatic heterocycles. The van der Waals surface area contributed by atoms with E-state index >= 15 is 0 Å². The number of rotatable bonds is 8. The lowest BCUT2D eigenvalue weighted by atomic mass is 9.95. The number of nitrogens with one attached hydrogen (secondary N) is 1. The highest BCUT2D eigenvalue weighted by Crippen LogP contribution is 2.35. The predicted molar refractivity (Wildman–Crippen MR) is 109 cm³/mol. The van der Waals surface area contributed by atoms with E-state index in [-0.39, 0.29) is 35.5 Å². The van der Waals surface area contributed by atoms with Gasteiger partial charge >= 0.3 is 11.9 Å². The Balaban J connectivity index is 2.39. The van der Waals surface area contributed by atoms with Gasteiger partial charge in [0, 0.05) is 0 Å². The van der Waals surface area contributed by atoms with Crippen molar-refractivity contribution in [2.45, 2.75) is 40.0 Å². The molecule has 1 heterocycles. The van der Waals surface area contributed by atoms with Crippen molar-refractivity contribution in [1.82, 2.24) is 0 Å².